The number of aromatic hydroxyl groups is 2. The van der Waals surface area contributed by atoms with Gasteiger partial charge in [-0.1, -0.05) is 24.9 Å². The van der Waals surface area contributed by atoms with Gasteiger partial charge in [0.1, 0.15) is 5.76 Å². The molecule has 25 heavy (non-hydrogen) atoms. The summed E-state index contributed by atoms with van der Waals surface area (Å²) in [6.45, 7) is 5.13. The van der Waals surface area contributed by atoms with Gasteiger partial charge in [-0.2, -0.15) is 0 Å². The number of aliphatic hydroxyl groups is 3. The molecule has 6 N–H and O–H groups in total. The van der Waals surface area contributed by atoms with Crippen molar-refractivity contribution in [3.05, 3.63) is 63.8 Å². The normalized spacial score (nSPS) is 12.8. The lowest BCUT2D eigenvalue weighted by Gasteiger charge is -2.06. The maximum atomic E-state index is 9.56. The Kier molecular flexibility index (Phi) is 7.53. The molecule has 0 aliphatic heterocycles. The average Bonchev–Trinajstić information content (AvgIpc) is 2.54. The molecule has 0 aromatic heterocycles. The number of hydrogen-bond donors (Lipinski definition) is 6. The molecule has 0 amide bonds. The summed E-state index contributed by atoms with van der Waals surface area (Å²) in [5, 5.41) is 49.9. The third-order valence-corrected chi connectivity index (χ3v) is 3.79. The maximum absolute atomic E-state index is 9.56. The number of nitrogens with one attached hydrogen (secondary N) is 1. The fourth-order valence-corrected chi connectivity index (χ4v) is 2.24. The van der Waals surface area contributed by atoms with E-state index in [4.69, 9.17) is 17.3 Å². The van der Waals surface area contributed by atoms with Crippen LogP contribution in [0, 0.1) is 0 Å². The lowest BCUT2D eigenvalue weighted by Crippen LogP contribution is -2.21. The van der Waals surface area contributed by atoms with Gasteiger partial charge in [-0.15, -0.1) is 0 Å². The van der Waals surface area contributed by atoms with Crippen molar-refractivity contribution in [3.63, 3.8) is 0 Å². The highest BCUT2D eigenvalue weighted by Crippen LogP contribution is 2.34. The zero-order valence-electron chi connectivity index (χ0n) is 13.3. The summed E-state index contributed by atoms with van der Waals surface area (Å²) in [6, 6.07) is 2.99. The lowest BCUT2D eigenvalue weighted by atomic mass is 10.2. The van der Waals surface area contributed by atoms with E-state index in [0.29, 0.717) is 20.6 Å². The zero-order valence-corrected chi connectivity index (χ0v) is 15.7. The van der Waals surface area contributed by atoms with Crippen LogP contribution in [-0.4, -0.2) is 37.1 Å². The second-order valence-corrected chi connectivity index (χ2v) is 6.34. The largest absolute Gasteiger partial charge is 0.509 e. The summed E-state index contributed by atoms with van der Waals surface area (Å²) in [7, 11) is 0. The molecule has 0 unspecified atom stereocenters. The van der Waals surface area contributed by atoms with Crippen molar-refractivity contribution in [2.24, 2.45) is 0 Å². The molecule has 0 aliphatic carbocycles. The highest BCUT2D eigenvalue weighted by Gasteiger charge is 2.06. The molecule has 0 fully saturated rings. The second-order valence-electron chi connectivity index (χ2n) is 5.04. The van der Waals surface area contributed by atoms with Gasteiger partial charge in [0.2, 0.25) is 0 Å². The number of aliphatic hydroxyl groups excluding tert-OH is 3. The van der Waals surface area contributed by atoms with Crippen LogP contribution in [-0.2, 0) is 0 Å². The Morgan fingerprint density at radius 1 is 1.28 bits per heavy atom. The van der Waals surface area contributed by atoms with Crippen LogP contribution in [0.4, 0.5) is 0 Å². The minimum atomic E-state index is -0.624. The quantitative estimate of drug-likeness (QED) is 0.133. The van der Waals surface area contributed by atoms with Gasteiger partial charge in [-0.25, -0.2) is 0 Å². The van der Waals surface area contributed by atoms with E-state index >= 15 is 0 Å². The van der Waals surface area contributed by atoms with Crippen LogP contribution in [0.2, 0.25) is 0 Å². The van der Waals surface area contributed by atoms with E-state index in [0.717, 1.165) is 0 Å². The Morgan fingerprint density at radius 3 is 2.48 bits per heavy atom. The number of halogens is 1. The van der Waals surface area contributed by atoms with Crippen molar-refractivity contribution < 1.29 is 25.5 Å². The zero-order chi connectivity index (χ0) is 19.1. The molecular formula is C17H18BrNO5S. The van der Waals surface area contributed by atoms with Gasteiger partial charge in [-0.3, -0.25) is 0 Å². The van der Waals surface area contributed by atoms with Crippen molar-refractivity contribution in [1.29, 1.82) is 0 Å². The fourth-order valence-electron chi connectivity index (χ4n) is 1.63. The summed E-state index contributed by atoms with van der Waals surface area (Å²) >= 11 is 8.25. The number of thiocarbonyl (C=S) groups is 1. The van der Waals surface area contributed by atoms with E-state index < -0.39 is 17.3 Å². The van der Waals surface area contributed by atoms with Crippen LogP contribution in [0.25, 0.3) is 6.08 Å². The summed E-state index contributed by atoms with van der Waals surface area (Å²) in [4.78, 5) is 0.371. The highest BCUT2D eigenvalue weighted by atomic mass is 79.9. The van der Waals surface area contributed by atoms with Crippen molar-refractivity contribution in [2.75, 3.05) is 6.54 Å². The standard InChI is InChI=1S/C17H18BrNO5S/c1-9(5-13(21)16(23)10(2)20)8-19-15(25)4-3-11-6-12(18)17(24)14(22)7-11/h3-7,20-24H,1,8H2,2H3,(H,19,25)/b4-3+,13-5+,16-10-. The molecule has 1 rings (SSSR count). The molecule has 1 aromatic carbocycles. The van der Waals surface area contributed by atoms with Crippen molar-refractivity contribution in [2.45, 2.75) is 6.92 Å². The highest BCUT2D eigenvalue weighted by molar-refractivity contribution is 9.10. The first-order valence-corrected chi connectivity index (χ1v) is 8.17. The number of benzene rings is 1. The molecule has 0 atom stereocenters. The molecule has 0 heterocycles. The van der Waals surface area contributed by atoms with Crippen LogP contribution < -0.4 is 5.32 Å². The molecule has 0 aliphatic rings. The number of allylic oxidation sites excluding steroid dienone is 1. The topological polar surface area (TPSA) is 113 Å². The Morgan fingerprint density at radius 2 is 1.92 bits per heavy atom. The maximum Gasteiger partial charge on any atom is 0.195 e. The van der Waals surface area contributed by atoms with Gasteiger partial charge < -0.3 is 30.8 Å². The summed E-state index contributed by atoms with van der Waals surface area (Å²) in [6.07, 6.45) is 4.42. The minimum Gasteiger partial charge on any atom is -0.509 e. The molecule has 1 aromatic rings. The Bertz CT molecular complexity index is 756. The van der Waals surface area contributed by atoms with Crippen LogP contribution in [0.1, 0.15) is 12.5 Å². The summed E-state index contributed by atoms with van der Waals surface area (Å²) < 4.78 is 0.354. The predicted molar refractivity (Wildman–Crippen MR) is 105 cm³/mol. The van der Waals surface area contributed by atoms with Crippen LogP contribution >= 0.6 is 28.1 Å². The lowest BCUT2D eigenvalue weighted by molar-refractivity contribution is 0.285. The number of rotatable bonds is 6. The molecule has 134 valence electrons. The van der Waals surface area contributed by atoms with E-state index in [1.165, 1.54) is 19.1 Å². The van der Waals surface area contributed by atoms with E-state index in [1.54, 1.807) is 18.2 Å². The first-order valence-electron chi connectivity index (χ1n) is 6.96. The first-order chi connectivity index (χ1) is 11.6. The monoisotopic (exact) mass is 427 g/mol. The van der Waals surface area contributed by atoms with Gasteiger partial charge in [0.25, 0.3) is 0 Å². The molecule has 6 nitrogen and oxygen atoms in total. The van der Waals surface area contributed by atoms with E-state index in [-0.39, 0.29) is 18.0 Å². The molecule has 0 spiro atoms. The first kappa shape index (κ1) is 20.6. The van der Waals surface area contributed by atoms with Gasteiger partial charge in [0.15, 0.2) is 23.0 Å². The molecule has 0 saturated heterocycles. The van der Waals surface area contributed by atoms with Crippen LogP contribution in [0.5, 0.6) is 11.5 Å². The third kappa shape index (κ3) is 6.52. The average molecular weight is 428 g/mol. The van der Waals surface area contributed by atoms with Gasteiger partial charge in [0.05, 0.1) is 9.46 Å². The molecule has 0 saturated carbocycles. The number of phenols is 2. The smallest absolute Gasteiger partial charge is 0.195 e. The predicted octanol–water partition coefficient (Wildman–Crippen LogP) is 4.14. The van der Waals surface area contributed by atoms with Crippen LogP contribution in [0.3, 0.4) is 0 Å². The van der Waals surface area contributed by atoms with Gasteiger partial charge in [0, 0.05) is 6.54 Å². The molecule has 0 radical (unpaired) electrons. The SMILES string of the molecule is C=C(/C=C(O)\C(O)=C(/C)O)CNC(=S)/C=C/c1cc(O)c(O)c(Br)c1. The fraction of sp³-hybridized carbons (Fsp3) is 0.118. The second kappa shape index (κ2) is 9.14. The number of phenolic OH excluding ortho intramolecular Hbond substituents is 2. The minimum absolute atomic E-state index is 0.204. The van der Waals surface area contributed by atoms with E-state index in [1.807, 2.05) is 0 Å². The van der Waals surface area contributed by atoms with Gasteiger partial charge >= 0.3 is 0 Å². The molecule has 8 heteroatoms. The van der Waals surface area contributed by atoms with Crippen molar-refractivity contribution >= 4 is 39.2 Å². The van der Waals surface area contributed by atoms with E-state index in [9.17, 15) is 20.4 Å². The molecule has 0 bridgehead atoms. The Balaban J connectivity index is 2.65. The summed E-state index contributed by atoms with van der Waals surface area (Å²) in [5.41, 5.74) is 1.04. The Hall–Kier alpha value is -2.45. The molecular weight excluding hydrogens is 410 g/mol. The van der Waals surface area contributed by atoms with Gasteiger partial charge in [-0.05, 0) is 58.3 Å². The third-order valence-electron chi connectivity index (χ3n) is 2.91. The van der Waals surface area contributed by atoms with E-state index in [2.05, 4.69) is 27.8 Å². The van der Waals surface area contributed by atoms with Crippen molar-refractivity contribution in [3.8, 4) is 11.5 Å². The number of hydrogen-bond acceptors (Lipinski definition) is 6. The van der Waals surface area contributed by atoms with Crippen molar-refractivity contribution in [1.82, 2.24) is 5.32 Å². The van der Waals surface area contributed by atoms with Crippen LogP contribution in [0.15, 0.2) is 58.2 Å². The Labute approximate surface area is 158 Å². The summed E-state index contributed by atoms with van der Waals surface area (Å²) in [5.74, 6) is -2.03.